The van der Waals surface area contributed by atoms with Crippen LogP contribution in [0.1, 0.15) is 52.4 Å². The van der Waals surface area contributed by atoms with Crippen LogP contribution in [-0.2, 0) is 4.79 Å². The van der Waals surface area contributed by atoms with Crippen LogP contribution >= 0.6 is 0 Å². The Morgan fingerprint density at radius 3 is 1.86 bits per heavy atom. The first-order chi connectivity index (χ1) is 6.72. The van der Waals surface area contributed by atoms with Crippen molar-refractivity contribution in [3.8, 4) is 0 Å². The third-order valence-corrected chi connectivity index (χ3v) is 2.87. The molecule has 0 atom stereocenters. The Kier molecular flexibility index (Phi) is 4.18. The molecular formula is C12H20O2. The molecule has 0 radical (unpaired) electrons. The molecule has 1 aliphatic carbocycles. The number of carboxylic acid groups (broad SMARTS) is 1. The Balaban J connectivity index is 2.40. The number of carbonyl (C=O) groups is 1. The quantitative estimate of drug-likeness (QED) is 0.634. The van der Waals surface area contributed by atoms with Gasteiger partial charge in [0.25, 0.3) is 0 Å². The Bertz CT molecular complexity index is 223. The van der Waals surface area contributed by atoms with E-state index in [2.05, 4.69) is 13.8 Å². The van der Waals surface area contributed by atoms with E-state index in [0.29, 0.717) is 0 Å². The van der Waals surface area contributed by atoms with Crippen molar-refractivity contribution in [2.45, 2.75) is 52.4 Å². The van der Waals surface area contributed by atoms with Crippen LogP contribution in [0.4, 0.5) is 0 Å². The zero-order valence-corrected chi connectivity index (χ0v) is 9.18. The molecule has 1 aliphatic rings. The molecular weight excluding hydrogens is 176 g/mol. The molecule has 2 heteroatoms. The van der Waals surface area contributed by atoms with Crippen LogP contribution in [0, 0.1) is 5.92 Å². The van der Waals surface area contributed by atoms with Gasteiger partial charge in [-0.1, -0.05) is 37.8 Å². The van der Waals surface area contributed by atoms with E-state index in [4.69, 9.17) is 5.11 Å². The molecule has 0 aromatic carbocycles. The van der Waals surface area contributed by atoms with Gasteiger partial charge in [0.15, 0.2) is 0 Å². The normalized spacial score (nSPS) is 16.1. The summed E-state index contributed by atoms with van der Waals surface area (Å²) in [7, 11) is 0. The summed E-state index contributed by atoms with van der Waals surface area (Å²) in [5, 5.41) is 8.95. The zero-order chi connectivity index (χ0) is 10.6. The van der Waals surface area contributed by atoms with E-state index < -0.39 is 5.97 Å². The lowest BCUT2D eigenvalue weighted by Gasteiger charge is -1.93. The highest BCUT2D eigenvalue weighted by Crippen LogP contribution is 2.45. The summed E-state index contributed by atoms with van der Waals surface area (Å²) < 4.78 is 0. The Hall–Kier alpha value is -0.790. The zero-order valence-electron chi connectivity index (χ0n) is 9.18. The standard InChI is InChI=1S/C12H20O2/c1-3-5-7-9-10(8-6-4-2)11(9)12(13)14/h11H,3-8H2,1-2H3,(H,13,14). The molecule has 0 aromatic rings. The minimum atomic E-state index is -0.637. The van der Waals surface area contributed by atoms with Gasteiger partial charge in [-0.05, 0) is 25.7 Å². The maximum atomic E-state index is 10.9. The summed E-state index contributed by atoms with van der Waals surface area (Å²) in [6.45, 7) is 4.29. The van der Waals surface area contributed by atoms with Gasteiger partial charge in [0.05, 0.1) is 5.92 Å². The Labute approximate surface area is 86.0 Å². The van der Waals surface area contributed by atoms with Crippen LogP contribution in [0.25, 0.3) is 0 Å². The van der Waals surface area contributed by atoms with Gasteiger partial charge in [0.2, 0.25) is 0 Å². The predicted molar refractivity (Wildman–Crippen MR) is 57.2 cm³/mol. The highest BCUT2D eigenvalue weighted by molar-refractivity contribution is 5.84. The molecule has 0 spiro atoms. The van der Waals surface area contributed by atoms with Crippen molar-refractivity contribution in [2.24, 2.45) is 5.92 Å². The second-order valence-corrected chi connectivity index (χ2v) is 4.03. The Morgan fingerprint density at radius 2 is 1.57 bits per heavy atom. The minimum absolute atomic E-state index is 0.173. The second kappa shape index (κ2) is 5.18. The van der Waals surface area contributed by atoms with Crippen molar-refractivity contribution in [1.29, 1.82) is 0 Å². The van der Waals surface area contributed by atoms with Crippen LogP contribution in [0.15, 0.2) is 11.1 Å². The second-order valence-electron chi connectivity index (χ2n) is 4.03. The van der Waals surface area contributed by atoms with E-state index in [1.165, 1.54) is 11.1 Å². The molecule has 0 aliphatic heterocycles. The van der Waals surface area contributed by atoms with Crippen molar-refractivity contribution in [3.63, 3.8) is 0 Å². The lowest BCUT2D eigenvalue weighted by atomic mass is 10.1. The van der Waals surface area contributed by atoms with E-state index in [-0.39, 0.29) is 5.92 Å². The van der Waals surface area contributed by atoms with Crippen LogP contribution in [0.2, 0.25) is 0 Å². The summed E-state index contributed by atoms with van der Waals surface area (Å²) in [5.74, 6) is -0.810. The highest BCUT2D eigenvalue weighted by atomic mass is 16.4. The fourth-order valence-corrected chi connectivity index (χ4v) is 1.96. The summed E-state index contributed by atoms with van der Waals surface area (Å²) in [6, 6.07) is 0. The molecule has 0 unspecified atom stereocenters. The van der Waals surface area contributed by atoms with Crippen LogP contribution in [0.3, 0.4) is 0 Å². The molecule has 0 bridgehead atoms. The molecule has 2 nitrogen and oxygen atoms in total. The molecule has 14 heavy (non-hydrogen) atoms. The van der Waals surface area contributed by atoms with Crippen molar-refractivity contribution in [3.05, 3.63) is 11.1 Å². The van der Waals surface area contributed by atoms with E-state index in [0.717, 1.165) is 38.5 Å². The molecule has 0 saturated heterocycles. The van der Waals surface area contributed by atoms with Crippen molar-refractivity contribution in [1.82, 2.24) is 0 Å². The number of aliphatic carboxylic acids is 1. The number of rotatable bonds is 7. The third-order valence-electron chi connectivity index (χ3n) is 2.87. The number of hydrogen-bond donors (Lipinski definition) is 1. The molecule has 0 aromatic heterocycles. The van der Waals surface area contributed by atoms with Gasteiger partial charge in [-0.2, -0.15) is 0 Å². The van der Waals surface area contributed by atoms with Gasteiger partial charge in [-0.25, -0.2) is 0 Å². The molecule has 80 valence electrons. The lowest BCUT2D eigenvalue weighted by molar-refractivity contribution is -0.138. The van der Waals surface area contributed by atoms with Crippen LogP contribution in [-0.4, -0.2) is 11.1 Å². The summed E-state index contributed by atoms with van der Waals surface area (Å²) >= 11 is 0. The van der Waals surface area contributed by atoms with E-state index in [9.17, 15) is 4.79 Å². The largest absolute Gasteiger partial charge is 0.481 e. The maximum Gasteiger partial charge on any atom is 0.314 e. The molecule has 0 saturated carbocycles. The van der Waals surface area contributed by atoms with Gasteiger partial charge in [-0.15, -0.1) is 0 Å². The molecule has 0 amide bonds. The number of carboxylic acids is 1. The average Bonchev–Trinajstić information content (AvgIpc) is 2.85. The maximum absolute atomic E-state index is 10.9. The summed E-state index contributed by atoms with van der Waals surface area (Å²) in [4.78, 5) is 10.9. The van der Waals surface area contributed by atoms with Crippen molar-refractivity contribution in [2.75, 3.05) is 0 Å². The summed E-state index contributed by atoms with van der Waals surface area (Å²) in [6.07, 6.45) is 6.58. The predicted octanol–water partition coefficient (Wildman–Crippen LogP) is 3.38. The molecule has 0 fully saturated rings. The smallest absolute Gasteiger partial charge is 0.314 e. The summed E-state index contributed by atoms with van der Waals surface area (Å²) in [5.41, 5.74) is 2.46. The SMILES string of the molecule is CCCCC1=C(CCCC)C1C(=O)O. The van der Waals surface area contributed by atoms with Gasteiger partial charge >= 0.3 is 5.97 Å². The molecule has 1 N–H and O–H groups in total. The van der Waals surface area contributed by atoms with Gasteiger partial charge in [0.1, 0.15) is 0 Å². The van der Waals surface area contributed by atoms with E-state index >= 15 is 0 Å². The first kappa shape index (κ1) is 11.3. The highest BCUT2D eigenvalue weighted by Gasteiger charge is 2.40. The van der Waals surface area contributed by atoms with Gasteiger partial charge < -0.3 is 5.11 Å². The van der Waals surface area contributed by atoms with E-state index in [1.807, 2.05) is 0 Å². The van der Waals surface area contributed by atoms with Crippen LogP contribution in [0.5, 0.6) is 0 Å². The van der Waals surface area contributed by atoms with Gasteiger partial charge in [-0.3, -0.25) is 4.79 Å². The van der Waals surface area contributed by atoms with Crippen LogP contribution < -0.4 is 0 Å². The fourth-order valence-electron chi connectivity index (χ4n) is 1.96. The number of unbranched alkanes of at least 4 members (excludes halogenated alkanes) is 2. The van der Waals surface area contributed by atoms with Crippen molar-refractivity contribution < 1.29 is 9.90 Å². The first-order valence-corrected chi connectivity index (χ1v) is 5.67. The fraction of sp³-hybridized carbons (Fsp3) is 0.750. The first-order valence-electron chi connectivity index (χ1n) is 5.67. The third kappa shape index (κ3) is 2.60. The topological polar surface area (TPSA) is 37.3 Å². The van der Waals surface area contributed by atoms with E-state index in [1.54, 1.807) is 0 Å². The monoisotopic (exact) mass is 196 g/mol. The average molecular weight is 196 g/mol. The van der Waals surface area contributed by atoms with Gasteiger partial charge in [0, 0.05) is 0 Å². The minimum Gasteiger partial charge on any atom is -0.481 e. The lowest BCUT2D eigenvalue weighted by Crippen LogP contribution is -2.02. The molecule has 0 heterocycles. The Morgan fingerprint density at radius 1 is 1.14 bits per heavy atom. The molecule has 1 rings (SSSR count). The van der Waals surface area contributed by atoms with Crippen molar-refractivity contribution >= 4 is 5.97 Å². The number of hydrogen-bond acceptors (Lipinski definition) is 1.